The summed E-state index contributed by atoms with van der Waals surface area (Å²) in [6, 6.07) is 72.5. The lowest BCUT2D eigenvalue weighted by molar-refractivity contribution is 0.859. The molecule has 0 saturated carbocycles. The quantitative estimate of drug-likeness (QED) is 0.156. The van der Waals surface area contributed by atoms with E-state index in [1.54, 1.807) is 0 Å². The van der Waals surface area contributed by atoms with Gasteiger partial charge < -0.3 is 5.32 Å². The highest BCUT2D eigenvalue weighted by Crippen LogP contribution is 2.37. The first-order chi connectivity index (χ1) is 33.6. The standard InChI is InChI=1S/C62H42N6/c1-4-10-41(11-5-1)51-32-52(42-12-6-2-7-13-42)35-55(34-51)61-66-60(47-14-8-3-9-15-47)67-62(68-61)56-36-53(44-18-16-43(17-19-44)48-22-20-45-26-28-63-38-57(45)30-48)33-54(37-56)59-25-24-50(40-65-59)49-23-21-46-27-29-64-39-58(46)31-49/h1-37,39-40,63H,38H2. The summed E-state index contributed by atoms with van der Waals surface area (Å²) in [6.07, 6.45) is 9.82. The maximum absolute atomic E-state index is 5.35. The Hall–Kier alpha value is -9.13. The Bertz CT molecular complexity index is 3590. The smallest absolute Gasteiger partial charge is 0.164 e. The Kier molecular flexibility index (Phi) is 10.5. The third kappa shape index (κ3) is 8.23. The molecular formula is C62H42N6. The third-order valence-corrected chi connectivity index (χ3v) is 12.7. The molecule has 0 saturated heterocycles. The minimum Gasteiger partial charge on any atom is -0.387 e. The molecule has 0 atom stereocenters. The van der Waals surface area contributed by atoms with Crippen molar-refractivity contribution in [2.24, 2.45) is 0 Å². The van der Waals surface area contributed by atoms with E-state index in [2.05, 4.69) is 186 Å². The van der Waals surface area contributed by atoms with Crippen molar-refractivity contribution >= 4 is 16.8 Å². The molecule has 3 aromatic heterocycles. The summed E-state index contributed by atoms with van der Waals surface area (Å²) in [5.74, 6) is 1.75. The van der Waals surface area contributed by atoms with Crippen LogP contribution in [0.4, 0.5) is 0 Å². The monoisotopic (exact) mass is 870 g/mol. The van der Waals surface area contributed by atoms with E-state index in [0.717, 1.165) is 95.3 Å². The summed E-state index contributed by atoms with van der Waals surface area (Å²) in [4.78, 5) is 25.2. The number of nitrogens with one attached hydrogen (secondary N) is 1. The maximum Gasteiger partial charge on any atom is 0.164 e. The normalized spacial score (nSPS) is 11.8. The molecule has 68 heavy (non-hydrogen) atoms. The summed E-state index contributed by atoms with van der Waals surface area (Å²) in [5, 5.41) is 5.59. The molecule has 0 fully saturated rings. The SMILES string of the molecule is C1=Cc2ccc(-c3ccc(-c4cc(-c5ccc(-c6ccc7ccncc7c6)cn5)cc(-c5nc(-c6ccccc6)nc(-c6cc(-c7ccccc7)cc(-c7ccccc7)c6)n5)c4)cc3)cc2CN1. The number of nitrogens with zero attached hydrogens (tertiary/aromatic N) is 5. The lowest BCUT2D eigenvalue weighted by Crippen LogP contribution is -2.09. The van der Waals surface area contributed by atoms with E-state index in [9.17, 15) is 0 Å². The molecule has 1 N–H and O–H groups in total. The van der Waals surface area contributed by atoms with Crippen molar-refractivity contribution in [3.63, 3.8) is 0 Å². The van der Waals surface area contributed by atoms with Gasteiger partial charge in [0, 0.05) is 58.3 Å². The zero-order valence-electron chi connectivity index (χ0n) is 37.0. The first-order valence-corrected chi connectivity index (χ1v) is 22.8. The van der Waals surface area contributed by atoms with Crippen LogP contribution >= 0.6 is 0 Å². The van der Waals surface area contributed by atoms with Gasteiger partial charge in [-0.15, -0.1) is 0 Å². The largest absolute Gasteiger partial charge is 0.387 e. The third-order valence-electron chi connectivity index (χ3n) is 12.7. The van der Waals surface area contributed by atoms with Crippen molar-refractivity contribution in [3.05, 3.63) is 242 Å². The summed E-state index contributed by atoms with van der Waals surface area (Å²) < 4.78 is 0. The zero-order chi connectivity index (χ0) is 45.2. The van der Waals surface area contributed by atoms with Crippen molar-refractivity contribution in [2.75, 3.05) is 0 Å². The topological polar surface area (TPSA) is 76.5 Å². The zero-order valence-corrected chi connectivity index (χ0v) is 37.0. The van der Waals surface area contributed by atoms with Crippen LogP contribution in [0.2, 0.25) is 0 Å². The molecular weight excluding hydrogens is 829 g/mol. The average molecular weight is 871 g/mol. The predicted molar refractivity (Wildman–Crippen MR) is 278 cm³/mol. The summed E-state index contributed by atoms with van der Waals surface area (Å²) in [6.45, 7) is 0.819. The van der Waals surface area contributed by atoms with Crippen molar-refractivity contribution < 1.29 is 0 Å². The Morgan fingerprint density at radius 2 is 0.838 bits per heavy atom. The summed E-state index contributed by atoms with van der Waals surface area (Å²) >= 11 is 0. The second kappa shape index (κ2) is 17.7. The van der Waals surface area contributed by atoms with Crippen LogP contribution in [0.1, 0.15) is 11.1 Å². The molecule has 1 aliphatic rings. The Labute approximate surface area is 395 Å². The first-order valence-electron chi connectivity index (χ1n) is 22.8. The highest BCUT2D eigenvalue weighted by atomic mass is 15.0. The van der Waals surface area contributed by atoms with Gasteiger partial charge in [-0.2, -0.15) is 0 Å². The first kappa shape index (κ1) is 40.4. The van der Waals surface area contributed by atoms with Gasteiger partial charge in [-0.25, -0.2) is 15.0 Å². The number of pyridine rings is 2. The van der Waals surface area contributed by atoms with E-state index in [1.807, 2.05) is 61.2 Å². The van der Waals surface area contributed by atoms with E-state index in [1.165, 1.54) is 16.7 Å². The molecule has 0 unspecified atom stereocenters. The number of benzene rings is 8. The fourth-order valence-electron chi connectivity index (χ4n) is 9.05. The molecule has 320 valence electrons. The predicted octanol–water partition coefficient (Wildman–Crippen LogP) is 14.9. The van der Waals surface area contributed by atoms with Gasteiger partial charge in [0.15, 0.2) is 17.5 Å². The molecule has 0 amide bonds. The number of aromatic nitrogens is 5. The Balaban J connectivity index is 1.01. The highest BCUT2D eigenvalue weighted by Gasteiger charge is 2.18. The van der Waals surface area contributed by atoms with Crippen molar-refractivity contribution in [3.8, 4) is 101 Å². The van der Waals surface area contributed by atoms with E-state index in [4.69, 9.17) is 19.9 Å². The van der Waals surface area contributed by atoms with Gasteiger partial charge in [0.1, 0.15) is 0 Å². The second-order valence-corrected chi connectivity index (χ2v) is 17.1. The fourth-order valence-corrected chi connectivity index (χ4v) is 9.05. The minimum absolute atomic E-state index is 0.568. The number of hydrogen-bond acceptors (Lipinski definition) is 6. The lowest BCUT2D eigenvalue weighted by Gasteiger charge is -2.15. The fraction of sp³-hybridized carbons (Fsp3) is 0.0161. The van der Waals surface area contributed by atoms with Gasteiger partial charge in [0.25, 0.3) is 0 Å². The molecule has 1 aliphatic heterocycles. The van der Waals surface area contributed by atoms with Gasteiger partial charge in [-0.05, 0) is 140 Å². The van der Waals surface area contributed by atoms with Crippen LogP contribution in [0.25, 0.3) is 118 Å². The molecule has 11 aromatic rings. The Morgan fingerprint density at radius 3 is 1.47 bits per heavy atom. The van der Waals surface area contributed by atoms with Crippen LogP contribution in [0.3, 0.4) is 0 Å². The van der Waals surface area contributed by atoms with Crippen molar-refractivity contribution in [1.82, 2.24) is 30.2 Å². The molecule has 0 spiro atoms. The molecule has 12 rings (SSSR count). The van der Waals surface area contributed by atoms with Crippen LogP contribution in [0.15, 0.2) is 231 Å². The van der Waals surface area contributed by atoms with Crippen LogP contribution in [-0.2, 0) is 6.54 Å². The van der Waals surface area contributed by atoms with Gasteiger partial charge in [-0.1, -0.05) is 146 Å². The van der Waals surface area contributed by atoms with Gasteiger partial charge in [0.05, 0.1) is 5.69 Å². The van der Waals surface area contributed by atoms with Gasteiger partial charge >= 0.3 is 0 Å². The maximum atomic E-state index is 5.35. The Morgan fingerprint density at radius 1 is 0.338 bits per heavy atom. The average Bonchev–Trinajstić information content (AvgIpc) is 3.43. The number of hydrogen-bond donors (Lipinski definition) is 1. The van der Waals surface area contributed by atoms with Crippen LogP contribution in [0.5, 0.6) is 0 Å². The van der Waals surface area contributed by atoms with Crippen molar-refractivity contribution in [2.45, 2.75) is 6.54 Å². The van der Waals surface area contributed by atoms with E-state index >= 15 is 0 Å². The van der Waals surface area contributed by atoms with Crippen LogP contribution in [0, 0.1) is 0 Å². The molecule has 0 radical (unpaired) electrons. The molecule has 6 heteroatoms. The number of fused-ring (bicyclic) bond motifs is 2. The molecule has 0 bridgehead atoms. The minimum atomic E-state index is 0.568. The highest BCUT2D eigenvalue weighted by molar-refractivity contribution is 5.87. The van der Waals surface area contributed by atoms with E-state index in [0.29, 0.717) is 17.5 Å². The second-order valence-electron chi connectivity index (χ2n) is 17.1. The summed E-state index contributed by atoms with van der Waals surface area (Å²) in [7, 11) is 0. The van der Waals surface area contributed by atoms with Crippen LogP contribution < -0.4 is 5.32 Å². The molecule has 6 nitrogen and oxygen atoms in total. The summed E-state index contributed by atoms with van der Waals surface area (Å²) in [5.41, 5.74) is 17.9. The lowest BCUT2D eigenvalue weighted by atomic mass is 9.94. The van der Waals surface area contributed by atoms with E-state index < -0.39 is 0 Å². The molecule has 8 aromatic carbocycles. The van der Waals surface area contributed by atoms with Gasteiger partial charge in [-0.3, -0.25) is 9.97 Å². The molecule has 4 heterocycles. The van der Waals surface area contributed by atoms with Crippen LogP contribution in [-0.4, -0.2) is 24.9 Å². The van der Waals surface area contributed by atoms with E-state index in [-0.39, 0.29) is 0 Å². The molecule has 0 aliphatic carbocycles. The number of rotatable bonds is 9. The van der Waals surface area contributed by atoms with Crippen molar-refractivity contribution in [1.29, 1.82) is 0 Å². The van der Waals surface area contributed by atoms with Gasteiger partial charge in [0.2, 0.25) is 0 Å².